The van der Waals surface area contributed by atoms with Crippen molar-refractivity contribution in [2.75, 3.05) is 7.11 Å². The van der Waals surface area contributed by atoms with Crippen molar-refractivity contribution in [1.29, 1.82) is 0 Å². The van der Waals surface area contributed by atoms with E-state index < -0.39 is 0 Å². The molecule has 0 saturated heterocycles. The summed E-state index contributed by atoms with van der Waals surface area (Å²) >= 11 is 7.16. The van der Waals surface area contributed by atoms with E-state index in [0.29, 0.717) is 12.8 Å². The lowest BCUT2D eigenvalue weighted by atomic mass is 9.94. The van der Waals surface area contributed by atoms with Crippen LogP contribution in [0.1, 0.15) is 36.3 Å². The highest BCUT2D eigenvalue weighted by molar-refractivity contribution is 9.10. The van der Waals surface area contributed by atoms with Crippen LogP contribution in [-0.2, 0) is 16.0 Å². The molecule has 1 aromatic carbocycles. The first-order valence-corrected chi connectivity index (χ1v) is 9.10. The molecule has 1 heterocycles. The highest BCUT2D eigenvalue weighted by atomic mass is 79.9. The van der Waals surface area contributed by atoms with E-state index in [1.807, 2.05) is 0 Å². The first-order valence-electron chi connectivity index (χ1n) is 7.39. The fourth-order valence-electron chi connectivity index (χ4n) is 3.38. The van der Waals surface area contributed by atoms with Crippen molar-refractivity contribution in [2.45, 2.75) is 48.6 Å². The van der Waals surface area contributed by atoms with Crippen LogP contribution in [0.25, 0.3) is 0 Å². The average molecular weight is 434 g/mol. The topological polar surface area (TPSA) is 55.8 Å². The number of benzene rings is 1. The minimum Gasteiger partial charge on any atom is -0.489 e. The van der Waals surface area contributed by atoms with Crippen LogP contribution in [0, 0.1) is 0 Å². The number of aliphatic hydroxyl groups excluding tert-OH is 1. The third-order valence-electron chi connectivity index (χ3n) is 4.43. The van der Waals surface area contributed by atoms with Crippen LogP contribution in [0.4, 0.5) is 0 Å². The Labute approximate surface area is 146 Å². The van der Waals surface area contributed by atoms with Crippen molar-refractivity contribution in [3.05, 3.63) is 27.7 Å². The smallest absolute Gasteiger partial charge is 0.305 e. The van der Waals surface area contributed by atoms with Crippen LogP contribution >= 0.6 is 31.9 Å². The van der Waals surface area contributed by atoms with E-state index >= 15 is 0 Å². The number of aliphatic hydroxyl groups is 1. The molecule has 1 saturated carbocycles. The van der Waals surface area contributed by atoms with E-state index in [1.54, 1.807) is 0 Å². The molecular weight excluding hydrogens is 416 g/mol. The number of carbonyl (C=O) groups excluding carboxylic acids is 1. The van der Waals surface area contributed by atoms with Gasteiger partial charge in [0, 0.05) is 28.8 Å². The molecule has 0 aromatic heterocycles. The van der Waals surface area contributed by atoms with Gasteiger partial charge in [-0.1, -0.05) is 31.9 Å². The van der Waals surface area contributed by atoms with Crippen LogP contribution in [0.2, 0.25) is 0 Å². The molecule has 0 amide bonds. The lowest BCUT2D eigenvalue weighted by molar-refractivity contribution is -0.140. The Morgan fingerprint density at radius 1 is 1.50 bits per heavy atom. The van der Waals surface area contributed by atoms with Gasteiger partial charge in [0.05, 0.1) is 18.0 Å². The summed E-state index contributed by atoms with van der Waals surface area (Å²) in [5, 5.41) is 10.0. The molecule has 6 heteroatoms. The van der Waals surface area contributed by atoms with Gasteiger partial charge in [-0.05, 0) is 30.5 Å². The van der Waals surface area contributed by atoms with Crippen molar-refractivity contribution >= 4 is 37.8 Å². The Balaban J connectivity index is 1.81. The van der Waals surface area contributed by atoms with Gasteiger partial charge >= 0.3 is 5.97 Å². The van der Waals surface area contributed by atoms with E-state index in [1.165, 1.54) is 7.11 Å². The zero-order valence-corrected chi connectivity index (χ0v) is 15.4. The third-order valence-corrected chi connectivity index (χ3v) is 6.07. The van der Waals surface area contributed by atoms with Crippen molar-refractivity contribution < 1.29 is 19.4 Å². The van der Waals surface area contributed by atoms with Gasteiger partial charge in [-0.25, -0.2) is 0 Å². The molecule has 120 valence electrons. The first-order chi connectivity index (χ1) is 10.5. The fourth-order valence-corrected chi connectivity index (χ4v) is 4.74. The summed E-state index contributed by atoms with van der Waals surface area (Å²) in [4.78, 5) is 11.3. The molecule has 4 atom stereocenters. The summed E-state index contributed by atoms with van der Waals surface area (Å²) in [7, 11) is 1.41. The van der Waals surface area contributed by atoms with Crippen molar-refractivity contribution in [3.8, 4) is 5.75 Å². The Morgan fingerprint density at radius 2 is 2.27 bits per heavy atom. The lowest BCUT2D eigenvalue weighted by Crippen LogP contribution is -2.17. The highest BCUT2D eigenvalue weighted by Crippen LogP contribution is 2.51. The second-order valence-corrected chi connectivity index (χ2v) is 7.82. The van der Waals surface area contributed by atoms with Crippen LogP contribution in [0.15, 0.2) is 16.6 Å². The van der Waals surface area contributed by atoms with Crippen molar-refractivity contribution in [3.63, 3.8) is 0 Å². The number of fused-ring (bicyclic) bond motifs is 3. The maximum atomic E-state index is 11.2. The van der Waals surface area contributed by atoms with Gasteiger partial charge in [-0.3, -0.25) is 4.79 Å². The van der Waals surface area contributed by atoms with E-state index in [0.717, 1.165) is 34.2 Å². The van der Waals surface area contributed by atoms with Gasteiger partial charge in [-0.2, -0.15) is 0 Å². The van der Waals surface area contributed by atoms with E-state index in [-0.39, 0.29) is 28.9 Å². The number of hydrogen-bond acceptors (Lipinski definition) is 4. The number of ether oxygens (including phenoxy) is 2. The molecule has 2 aliphatic rings. The van der Waals surface area contributed by atoms with Gasteiger partial charge in [0.2, 0.25) is 0 Å². The first kappa shape index (κ1) is 16.3. The van der Waals surface area contributed by atoms with Crippen LogP contribution in [-0.4, -0.2) is 35.2 Å². The summed E-state index contributed by atoms with van der Waals surface area (Å²) in [6.07, 6.45) is 2.22. The summed E-state index contributed by atoms with van der Waals surface area (Å²) in [6, 6.07) is 4.13. The van der Waals surface area contributed by atoms with Crippen LogP contribution in [0.3, 0.4) is 0 Å². The number of methoxy groups -OCH3 is 1. The van der Waals surface area contributed by atoms with Crippen molar-refractivity contribution in [1.82, 2.24) is 0 Å². The predicted molar refractivity (Wildman–Crippen MR) is 89.6 cm³/mol. The number of carbonyl (C=O) groups is 1. The maximum Gasteiger partial charge on any atom is 0.305 e. The minimum atomic E-state index is -0.370. The largest absolute Gasteiger partial charge is 0.489 e. The lowest BCUT2D eigenvalue weighted by Gasteiger charge is -2.15. The van der Waals surface area contributed by atoms with Crippen molar-refractivity contribution in [2.24, 2.45) is 0 Å². The Bertz CT molecular complexity index is 590. The number of rotatable bonds is 4. The second kappa shape index (κ2) is 6.49. The number of alkyl halides is 1. The number of aryl methyl sites for hydroxylation is 1. The number of esters is 1. The molecule has 0 radical (unpaired) electrons. The average Bonchev–Trinajstić information content (AvgIpc) is 2.96. The second-order valence-electron chi connectivity index (χ2n) is 5.84. The Hall–Kier alpha value is -0.590. The zero-order valence-electron chi connectivity index (χ0n) is 12.2. The quantitative estimate of drug-likeness (QED) is 0.584. The van der Waals surface area contributed by atoms with Gasteiger partial charge < -0.3 is 14.6 Å². The van der Waals surface area contributed by atoms with Gasteiger partial charge in [-0.15, -0.1) is 0 Å². The van der Waals surface area contributed by atoms with Gasteiger partial charge in [0.25, 0.3) is 0 Å². The predicted octanol–water partition coefficient (Wildman–Crippen LogP) is 3.32. The van der Waals surface area contributed by atoms with Gasteiger partial charge in [0.1, 0.15) is 11.9 Å². The SMILES string of the molecule is COC(=O)CCCc1cc(Br)cc2c1OC1C[C@@H](O)[C@H](Br)C21. The molecule has 1 fully saturated rings. The molecule has 1 aliphatic carbocycles. The van der Waals surface area contributed by atoms with Crippen LogP contribution < -0.4 is 4.74 Å². The fraction of sp³-hybridized carbons (Fsp3) is 0.562. The molecule has 1 N–H and O–H groups in total. The monoisotopic (exact) mass is 432 g/mol. The normalized spacial score (nSPS) is 28.9. The molecule has 4 nitrogen and oxygen atoms in total. The third kappa shape index (κ3) is 2.93. The Morgan fingerprint density at radius 3 is 3.00 bits per heavy atom. The number of halogens is 2. The molecule has 3 rings (SSSR count). The van der Waals surface area contributed by atoms with Crippen LogP contribution in [0.5, 0.6) is 5.75 Å². The van der Waals surface area contributed by atoms with Gasteiger partial charge in [0.15, 0.2) is 0 Å². The zero-order chi connectivity index (χ0) is 15.9. The molecule has 22 heavy (non-hydrogen) atoms. The molecule has 2 unspecified atom stereocenters. The summed E-state index contributed by atoms with van der Waals surface area (Å²) in [6.45, 7) is 0. The molecule has 1 aromatic rings. The number of hydrogen-bond donors (Lipinski definition) is 1. The molecule has 0 spiro atoms. The highest BCUT2D eigenvalue weighted by Gasteiger charge is 2.49. The molecular formula is C16H18Br2O4. The molecule has 1 aliphatic heterocycles. The minimum absolute atomic E-state index is 0.0240. The summed E-state index contributed by atoms with van der Waals surface area (Å²) in [5.41, 5.74) is 2.25. The van der Waals surface area contributed by atoms with E-state index in [4.69, 9.17) is 4.74 Å². The summed E-state index contributed by atoms with van der Waals surface area (Å²) < 4.78 is 11.8. The van der Waals surface area contributed by atoms with E-state index in [2.05, 4.69) is 48.7 Å². The standard InChI is InChI=1S/C16H18Br2O4/c1-21-13(20)4-2-3-8-5-9(17)6-10-14-12(22-16(8)10)7-11(19)15(14)18/h5-6,11-12,14-15,19H,2-4,7H2,1H3/t11-,12?,14?,15+/m1/s1. The van der Waals surface area contributed by atoms with E-state index in [9.17, 15) is 9.90 Å². The summed E-state index contributed by atoms with van der Waals surface area (Å²) in [5.74, 6) is 0.925. The maximum absolute atomic E-state index is 11.2. The Kier molecular flexibility index (Phi) is 4.80. The molecule has 0 bridgehead atoms.